The van der Waals surface area contributed by atoms with Crippen LogP contribution in [-0.4, -0.2) is 6.54 Å². The maximum atomic E-state index is 14.2. The van der Waals surface area contributed by atoms with Crippen molar-refractivity contribution in [2.24, 2.45) is 5.92 Å². The molecule has 0 amide bonds. The minimum absolute atomic E-state index is 0.194. The van der Waals surface area contributed by atoms with E-state index in [2.05, 4.69) is 12.2 Å². The molecule has 3 heteroatoms. The summed E-state index contributed by atoms with van der Waals surface area (Å²) in [5, 5.41) is 3.30. The van der Waals surface area contributed by atoms with Crippen molar-refractivity contribution in [2.75, 3.05) is 6.54 Å². The lowest BCUT2D eigenvalue weighted by molar-refractivity contribution is 0.427. The van der Waals surface area contributed by atoms with Gasteiger partial charge in [0.05, 0.1) is 0 Å². The first kappa shape index (κ1) is 14.4. The second-order valence-corrected chi connectivity index (χ2v) is 5.62. The molecule has 0 saturated heterocycles. The number of nitrogens with one attached hydrogen (secondary N) is 1. The Morgan fingerprint density at radius 1 is 1.32 bits per heavy atom. The van der Waals surface area contributed by atoms with Gasteiger partial charge in [-0.3, -0.25) is 0 Å². The predicted molar refractivity (Wildman–Crippen MR) is 74.1 cm³/mol. The fraction of sp³-hybridized carbons (Fsp3) is 0.625. The molecular formula is C16H23F2N. The van der Waals surface area contributed by atoms with Gasteiger partial charge in [0.15, 0.2) is 0 Å². The number of hydrogen-bond acceptors (Lipinski definition) is 1. The Balaban J connectivity index is 2.16. The van der Waals surface area contributed by atoms with E-state index in [1.165, 1.54) is 25.0 Å². The van der Waals surface area contributed by atoms with Crippen LogP contribution in [0.1, 0.15) is 56.2 Å². The van der Waals surface area contributed by atoms with Gasteiger partial charge >= 0.3 is 0 Å². The highest BCUT2D eigenvalue weighted by molar-refractivity contribution is 5.29. The molecule has 1 atom stereocenters. The summed E-state index contributed by atoms with van der Waals surface area (Å²) in [6, 6.07) is 2.69. The van der Waals surface area contributed by atoms with Crippen molar-refractivity contribution in [2.45, 2.75) is 52.0 Å². The van der Waals surface area contributed by atoms with Gasteiger partial charge in [-0.25, -0.2) is 8.78 Å². The molecule has 1 unspecified atom stereocenters. The van der Waals surface area contributed by atoms with Gasteiger partial charge in [0.25, 0.3) is 0 Å². The quantitative estimate of drug-likeness (QED) is 0.766. The average Bonchev–Trinajstić information content (AvgIpc) is 3.21. The van der Waals surface area contributed by atoms with E-state index in [0.29, 0.717) is 5.56 Å². The Morgan fingerprint density at radius 2 is 2.05 bits per heavy atom. The van der Waals surface area contributed by atoms with Gasteiger partial charge in [0, 0.05) is 11.6 Å². The van der Waals surface area contributed by atoms with E-state index in [9.17, 15) is 8.78 Å². The standard InChI is InChI=1S/C16H23F2N/c1-3-10-19-14(9-7-12-5-6-12)15-13(17)8-4-11(2)16(15)18/h4,8,12,14,19H,3,5-7,9-10H2,1-2H3. The molecule has 1 fully saturated rings. The van der Waals surface area contributed by atoms with E-state index in [1.54, 1.807) is 6.92 Å². The molecule has 0 aromatic heterocycles. The zero-order valence-corrected chi connectivity index (χ0v) is 11.8. The molecular weight excluding hydrogens is 244 g/mol. The lowest BCUT2D eigenvalue weighted by atomic mass is 9.97. The van der Waals surface area contributed by atoms with Gasteiger partial charge in [-0.2, -0.15) is 0 Å². The largest absolute Gasteiger partial charge is 0.310 e. The molecule has 0 heterocycles. The van der Waals surface area contributed by atoms with E-state index in [4.69, 9.17) is 0 Å². The first-order chi connectivity index (χ1) is 9.13. The van der Waals surface area contributed by atoms with E-state index in [0.717, 1.165) is 31.7 Å². The van der Waals surface area contributed by atoms with Crippen LogP contribution in [0.4, 0.5) is 8.78 Å². The third kappa shape index (κ3) is 3.75. The van der Waals surface area contributed by atoms with Crippen molar-refractivity contribution in [1.82, 2.24) is 5.32 Å². The Morgan fingerprint density at radius 3 is 2.68 bits per heavy atom. The van der Waals surface area contributed by atoms with Crippen LogP contribution in [0.3, 0.4) is 0 Å². The van der Waals surface area contributed by atoms with Crippen LogP contribution in [0.5, 0.6) is 0 Å². The van der Waals surface area contributed by atoms with Gasteiger partial charge in [-0.1, -0.05) is 25.8 Å². The summed E-state index contributed by atoms with van der Waals surface area (Å²) >= 11 is 0. The minimum atomic E-state index is -0.424. The summed E-state index contributed by atoms with van der Waals surface area (Å²) in [4.78, 5) is 0. The Labute approximate surface area is 114 Å². The van der Waals surface area contributed by atoms with Crippen molar-refractivity contribution in [3.05, 3.63) is 34.9 Å². The highest BCUT2D eigenvalue weighted by atomic mass is 19.1. The summed E-state index contributed by atoms with van der Waals surface area (Å²) in [5.74, 6) is -0.0289. The van der Waals surface area contributed by atoms with Crippen LogP contribution >= 0.6 is 0 Å². The molecule has 1 N–H and O–H groups in total. The summed E-state index contributed by atoms with van der Waals surface area (Å²) in [6.07, 6.45) is 5.41. The molecule has 1 aliphatic rings. The molecule has 1 aliphatic carbocycles. The lowest BCUT2D eigenvalue weighted by Gasteiger charge is -2.21. The van der Waals surface area contributed by atoms with Gasteiger partial charge in [-0.15, -0.1) is 0 Å². The van der Waals surface area contributed by atoms with E-state index < -0.39 is 5.82 Å². The predicted octanol–water partition coefficient (Wildman–Crippen LogP) is 4.50. The fourth-order valence-electron chi connectivity index (χ4n) is 2.47. The van der Waals surface area contributed by atoms with Crippen molar-refractivity contribution in [1.29, 1.82) is 0 Å². The van der Waals surface area contributed by atoms with Crippen LogP contribution in [0.25, 0.3) is 0 Å². The monoisotopic (exact) mass is 267 g/mol. The fourth-order valence-corrected chi connectivity index (χ4v) is 2.47. The number of aryl methyl sites for hydroxylation is 1. The van der Waals surface area contributed by atoms with Crippen molar-refractivity contribution in [3.63, 3.8) is 0 Å². The number of hydrogen-bond donors (Lipinski definition) is 1. The summed E-state index contributed by atoms with van der Waals surface area (Å²) < 4.78 is 28.2. The molecule has 0 spiro atoms. The zero-order chi connectivity index (χ0) is 13.8. The summed E-state index contributed by atoms with van der Waals surface area (Å²) in [6.45, 7) is 4.55. The van der Waals surface area contributed by atoms with Crippen LogP contribution in [0, 0.1) is 24.5 Å². The van der Waals surface area contributed by atoms with Crippen molar-refractivity contribution < 1.29 is 8.78 Å². The number of halogens is 2. The third-order valence-electron chi connectivity index (χ3n) is 3.87. The SMILES string of the molecule is CCCNC(CCC1CC1)c1c(F)ccc(C)c1F. The number of benzene rings is 1. The van der Waals surface area contributed by atoms with Crippen LogP contribution in [0.15, 0.2) is 12.1 Å². The second-order valence-electron chi connectivity index (χ2n) is 5.62. The topological polar surface area (TPSA) is 12.0 Å². The van der Waals surface area contributed by atoms with E-state index in [-0.39, 0.29) is 17.4 Å². The third-order valence-corrected chi connectivity index (χ3v) is 3.87. The molecule has 19 heavy (non-hydrogen) atoms. The highest BCUT2D eigenvalue weighted by Gasteiger charge is 2.26. The molecule has 1 saturated carbocycles. The lowest BCUT2D eigenvalue weighted by Crippen LogP contribution is -2.24. The molecule has 1 nitrogen and oxygen atoms in total. The maximum absolute atomic E-state index is 14.2. The normalized spacial score (nSPS) is 16.6. The summed E-state index contributed by atoms with van der Waals surface area (Å²) in [7, 11) is 0. The van der Waals surface area contributed by atoms with Gasteiger partial charge < -0.3 is 5.32 Å². The Kier molecular flexibility index (Phi) is 4.92. The number of rotatable bonds is 7. The molecule has 1 aromatic rings. The smallest absolute Gasteiger partial charge is 0.133 e. The van der Waals surface area contributed by atoms with Crippen LogP contribution in [-0.2, 0) is 0 Å². The second kappa shape index (κ2) is 6.47. The van der Waals surface area contributed by atoms with E-state index in [1.807, 2.05) is 0 Å². The van der Waals surface area contributed by atoms with Crippen molar-refractivity contribution in [3.8, 4) is 0 Å². The molecule has 0 radical (unpaired) electrons. The zero-order valence-electron chi connectivity index (χ0n) is 11.8. The first-order valence-electron chi connectivity index (χ1n) is 7.31. The molecule has 0 aliphatic heterocycles. The average molecular weight is 267 g/mol. The minimum Gasteiger partial charge on any atom is -0.310 e. The van der Waals surface area contributed by atoms with Crippen molar-refractivity contribution >= 4 is 0 Å². The first-order valence-corrected chi connectivity index (χ1v) is 7.31. The summed E-state index contributed by atoms with van der Waals surface area (Å²) in [5.41, 5.74) is 0.750. The Bertz CT molecular complexity index is 427. The van der Waals surface area contributed by atoms with E-state index >= 15 is 0 Å². The van der Waals surface area contributed by atoms with Gasteiger partial charge in [0.2, 0.25) is 0 Å². The Hall–Kier alpha value is -0.960. The van der Waals surface area contributed by atoms with Crippen LogP contribution < -0.4 is 5.32 Å². The molecule has 2 rings (SSSR count). The molecule has 1 aromatic carbocycles. The van der Waals surface area contributed by atoms with Crippen LogP contribution in [0.2, 0.25) is 0 Å². The van der Waals surface area contributed by atoms with Gasteiger partial charge in [0.1, 0.15) is 11.6 Å². The maximum Gasteiger partial charge on any atom is 0.133 e. The van der Waals surface area contributed by atoms with Gasteiger partial charge in [-0.05, 0) is 50.3 Å². The molecule has 0 bridgehead atoms. The highest BCUT2D eigenvalue weighted by Crippen LogP contribution is 2.37. The molecule has 106 valence electrons.